The first-order valence-corrected chi connectivity index (χ1v) is 6.17. The molecule has 1 aliphatic heterocycles. The van der Waals surface area contributed by atoms with Crippen molar-refractivity contribution in [3.63, 3.8) is 0 Å². The summed E-state index contributed by atoms with van der Waals surface area (Å²) < 4.78 is 11.1. The zero-order chi connectivity index (χ0) is 12.5. The predicted octanol–water partition coefficient (Wildman–Crippen LogP) is 2.44. The summed E-state index contributed by atoms with van der Waals surface area (Å²) in [7, 11) is 1.72. The van der Waals surface area contributed by atoms with E-state index in [1.165, 1.54) is 5.56 Å². The maximum atomic E-state index is 6.32. The molecule has 0 bridgehead atoms. The fraction of sp³-hybridized carbons (Fsp3) is 0.571. The van der Waals surface area contributed by atoms with Gasteiger partial charge in [0.25, 0.3) is 0 Å². The quantitative estimate of drug-likeness (QED) is 0.871. The van der Waals surface area contributed by atoms with Crippen molar-refractivity contribution < 1.29 is 9.47 Å². The molecule has 1 aliphatic rings. The molecule has 2 rings (SSSR count). The van der Waals surface area contributed by atoms with Gasteiger partial charge in [-0.2, -0.15) is 0 Å². The molecule has 3 nitrogen and oxygen atoms in total. The Balaban J connectivity index is 2.28. The van der Waals surface area contributed by atoms with Crippen LogP contribution in [0.15, 0.2) is 18.2 Å². The van der Waals surface area contributed by atoms with Crippen molar-refractivity contribution in [2.75, 3.05) is 13.7 Å². The second-order valence-corrected chi connectivity index (χ2v) is 4.81. The number of methoxy groups -OCH3 is 1. The highest BCUT2D eigenvalue weighted by Gasteiger charge is 2.31. The molecule has 1 heterocycles. The molecule has 2 N–H and O–H groups in total. The van der Waals surface area contributed by atoms with Gasteiger partial charge in [0.1, 0.15) is 5.75 Å². The lowest BCUT2D eigenvalue weighted by Gasteiger charge is -2.33. The van der Waals surface area contributed by atoms with E-state index in [2.05, 4.69) is 19.9 Å². The average Bonchev–Trinajstić information content (AvgIpc) is 2.84. The Morgan fingerprint density at radius 3 is 2.94 bits per heavy atom. The largest absolute Gasteiger partial charge is 0.493 e. The molecule has 1 aromatic carbocycles. The molecule has 17 heavy (non-hydrogen) atoms. The molecule has 0 amide bonds. The molecule has 0 saturated carbocycles. The third kappa shape index (κ3) is 2.17. The number of rotatable bonds is 4. The number of hydrogen-bond donors (Lipinski definition) is 1. The maximum absolute atomic E-state index is 6.32. The van der Waals surface area contributed by atoms with Crippen LogP contribution < -0.4 is 10.5 Å². The van der Waals surface area contributed by atoms with Crippen LogP contribution in [0.2, 0.25) is 0 Å². The first-order chi connectivity index (χ1) is 8.10. The Morgan fingerprint density at radius 2 is 2.29 bits per heavy atom. The zero-order valence-corrected chi connectivity index (χ0v) is 10.8. The molecule has 0 aliphatic carbocycles. The SMILES string of the molecule is CCC(C)(OC)C(N)c1ccc2c(c1)CCO2. The van der Waals surface area contributed by atoms with Crippen LogP contribution >= 0.6 is 0 Å². The second kappa shape index (κ2) is 4.67. The monoisotopic (exact) mass is 235 g/mol. The van der Waals surface area contributed by atoms with Crippen molar-refractivity contribution >= 4 is 0 Å². The van der Waals surface area contributed by atoms with Gasteiger partial charge in [-0.25, -0.2) is 0 Å². The molecule has 0 spiro atoms. The normalized spacial score (nSPS) is 19.3. The molecule has 0 fully saturated rings. The molecule has 3 heteroatoms. The zero-order valence-electron chi connectivity index (χ0n) is 10.8. The van der Waals surface area contributed by atoms with E-state index in [1.807, 2.05) is 12.1 Å². The van der Waals surface area contributed by atoms with E-state index in [-0.39, 0.29) is 11.6 Å². The molecular weight excluding hydrogens is 214 g/mol. The highest BCUT2D eigenvalue weighted by molar-refractivity contribution is 5.41. The minimum absolute atomic E-state index is 0.108. The molecule has 0 aromatic heterocycles. The first kappa shape index (κ1) is 12.4. The molecule has 1 aromatic rings. The summed E-state index contributed by atoms with van der Waals surface area (Å²) in [5, 5.41) is 0. The van der Waals surface area contributed by atoms with Gasteiger partial charge in [-0.05, 0) is 30.5 Å². The van der Waals surface area contributed by atoms with Gasteiger partial charge >= 0.3 is 0 Å². The summed E-state index contributed by atoms with van der Waals surface area (Å²) in [4.78, 5) is 0. The van der Waals surface area contributed by atoms with Crippen LogP contribution in [-0.4, -0.2) is 19.3 Å². The van der Waals surface area contributed by atoms with Gasteiger partial charge in [0.05, 0.1) is 18.2 Å². The van der Waals surface area contributed by atoms with Gasteiger partial charge in [0.2, 0.25) is 0 Å². The summed E-state index contributed by atoms with van der Waals surface area (Å²) >= 11 is 0. The van der Waals surface area contributed by atoms with Crippen LogP contribution in [0.25, 0.3) is 0 Å². The van der Waals surface area contributed by atoms with Gasteiger partial charge in [-0.1, -0.05) is 19.1 Å². The lowest BCUT2D eigenvalue weighted by molar-refractivity contribution is -0.0194. The molecule has 0 saturated heterocycles. The van der Waals surface area contributed by atoms with E-state index >= 15 is 0 Å². The van der Waals surface area contributed by atoms with Crippen LogP contribution in [0.4, 0.5) is 0 Å². The van der Waals surface area contributed by atoms with Crippen molar-refractivity contribution in [3.05, 3.63) is 29.3 Å². The van der Waals surface area contributed by atoms with Crippen molar-refractivity contribution in [1.82, 2.24) is 0 Å². The van der Waals surface area contributed by atoms with Crippen LogP contribution in [0.5, 0.6) is 5.75 Å². The first-order valence-electron chi connectivity index (χ1n) is 6.17. The fourth-order valence-electron chi connectivity index (χ4n) is 2.24. The van der Waals surface area contributed by atoms with Crippen LogP contribution in [0.3, 0.4) is 0 Å². The number of hydrogen-bond acceptors (Lipinski definition) is 3. The number of fused-ring (bicyclic) bond motifs is 1. The number of ether oxygens (including phenoxy) is 2. The topological polar surface area (TPSA) is 44.5 Å². The van der Waals surface area contributed by atoms with Crippen molar-refractivity contribution in [2.45, 2.75) is 38.3 Å². The predicted molar refractivity (Wildman–Crippen MR) is 68.3 cm³/mol. The molecular formula is C14H21NO2. The van der Waals surface area contributed by atoms with E-state index in [1.54, 1.807) is 7.11 Å². The van der Waals surface area contributed by atoms with Crippen LogP contribution in [0, 0.1) is 0 Å². The van der Waals surface area contributed by atoms with E-state index in [0.717, 1.165) is 30.8 Å². The summed E-state index contributed by atoms with van der Waals surface area (Å²) in [6.07, 6.45) is 1.87. The van der Waals surface area contributed by atoms with Crippen LogP contribution in [-0.2, 0) is 11.2 Å². The van der Waals surface area contributed by atoms with E-state index in [0.29, 0.717) is 0 Å². The van der Waals surface area contributed by atoms with Crippen molar-refractivity contribution in [1.29, 1.82) is 0 Å². The summed E-state index contributed by atoms with van der Waals surface area (Å²) in [5.41, 5.74) is 8.39. The number of nitrogens with two attached hydrogens (primary N) is 1. The lowest BCUT2D eigenvalue weighted by Crippen LogP contribution is -2.39. The summed E-state index contributed by atoms with van der Waals surface area (Å²) in [6.45, 7) is 4.94. The second-order valence-electron chi connectivity index (χ2n) is 4.81. The standard InChI is InChI=1S/C14H21NO2/c1-4-14(2,16-3)13(15)11-5-6-12-10(9-11)7-8-17-12/h5-6,9,13H,4,7-8,15H2,1-3H3. The Hall–Kier alpha value is -1.06. The summed E-state index contributed by atoms with van der Waals surface area (Å²) in [5.74, 6) is 0.997. The van der Waals surface area contributed by atoms with Gasteiger partial charge in [0, 0.05) is 13.5 Å². The highest BCUT2D eigenvalue weighted by Crippen LogP contribution is 2.33. The van der Waals surface area contributed by atoms with Crippen molar-refractivity contribution in [2.24, 2.45) is 5.73 Å². The molecule has 2 atom stereocenters. The Bertz CT molecular complexity index is 399. The molecule has 94 valence electrons. The van der Waals surface area contributed by atoms with E-state index < -0.39 is 0 Å². The van der Waals surface area contributed by atoms with Gasteiger partial charge in [-0.15, -0.1) is 0 Å². The highest BCUT2D eigenvalue weighted by atomic mass is 16.5. The Labute approximate surface area is 103 Å². The third-order valence-corrected chi connectivity index (χ3v) is 3.90. The van der Waals surface area contributed by atoms with Crippen LogP contribution in [0.1, 0.15) is 37.4 Å². The molecule has 2 unspecified atom stereocenters. The smallest absolute Gasteiger partial charge is 0.122 e. The molecule has 0 radical (unpaired) electrons. The van der Waals surface area contributed by atoms with E-state index in [4.69, 9.17) is 15.2 Å². The minimum atomic E-state index is -0.312. The summed E-state index contributed by atoms with van der Waals surface area (Å²) in [6, 6.07) is 6.11. The minimum Gasteiger partial charge on any atom is -0.493 e. The van der Waals surface area contributed by atoms with Crippen molar-refractivity contribution in [3.8, 4) is 5.75 Å². The number of benzene rings is 1. The van der Waals surface area contributed by atoms with Gasteiger partial charge in [0.15, 0.2) is 0 Å². The van der Waals surface area contributed by atoms with E-state index in [9.17, 15) is 0 Å². The van der Waals surface area contributed by atoms with Gasteiger partial charge in [-0.3, -0.25) is 0 Å². The lowest BCUT2D eigenvalue weighted by atomic mass is 9.87. The van der Waals surface area contributed by atoms with Gasteiger partial charge < -0.3 is 15.2 Å². The maximum Gasteiger partial charge on any atom is 0.122 e. The average molecular weight is 235 g/mol. The Kier molecular flexibility index (Phi) is 3.40. The fourth-order valence-corrected chi connectivity index (χ4v) is 2.24. The Morgan fingerprint density at radius 1 is 1.53 bits per heavy atom. The third-order valence-electron chi connectivity index (χ3n) is 3.90.